The Morgan fingerprint density at radius 1 is 0.907 bits per heavy atom. The van der Waals surface area contributed by atoms with Crippen molar-refractivity contribution in [3.05, 3.63) is 113 Å². The lowest BCUT2D eigenvalue weighted by atomic mass is 9.98. The molecule has 8 nitrogen and oxygen atoms in total. The predicted octanol–water partition coefficient (Wildman–Crippen LogP) is 7.17. The van der Waals surface area contributed by atoms with Gasteiger partial charge in [0.1, 0.15) is 5.82 Å². The molecule has 8 heteroatoms. The van der Waals surface area contributed by atoms with Crippen molar-refractivity contribution in [1.29, 1.82) is 0 Å². The summed E-state index contributed by atoms with van der Waals surface area (Å²) in [5.41, 5.74) is 10.3. The van der Waals surface area contributed by atoms with E-state index in [4.69, 9.17) is 4.98 Å². The van der Waals surface area contributed by atoms with Gasteiger partial charge in [0.2, 0.25) is 5.82 Å². The smallest absolute Gasteiger partial charge is 0.258 e. The molecule has 0 radical (unpaired) electrons. The lowest BCUT2D eigenvalue weighted by Crippen LogP contribution is -2.23. The number of carbonyl (C=O) groups excluding carboxylic acids is 1. The van der Waals surface area contributed by atoms with Crippen LogP contribution in [0, 0.1) is 0 Å². The molecule has 214 valence electrons. The van der Waals surface area contributed by atoms with Crippen LogP contribution in [0.5, 0.6) is 0 Å². The lowest BCUT2D eigenvalue weighted by Gasteiger charge is -2.19. The van der Waals surface area contributed by atoms with E-state index in [1.807, 2.05) is 47.4 Å². The van der Waals surface area contributed by atoms with E-state index in [2.05, 4.69) is 88.4 Å². The molecule has 2 aromatic heterocycles. The van der Waals surface area contributed by atoms with Crippen LogP contribution >= 0.6 is 0 Å². The van der Waals surface area contributed by atoms with E-state index >= 15 is 0 Å². The van der Waals surface area contributed by atoms with Gasteiger partial charge < -0.3 is 9.47 Å². The van der Waals surface area contributed by atoms with Gasteiger partial charge in [0.25, 0.3) is 5.91 Å². The van der Waals surface area contributed by atoms with Crippen LogP contribution in [0.3, 0.4) is 0 Å². The number of tetrazole rings is 1. The van der Waals surface area contributed by atoms with Gasteiger partial charge in [-0.2, -0.15) is 5.21 Å². The number of imidazole rings is 1. The van der Waals surface area contributed by atoms with Gasteiger partial charge >= 0.3 is 0 Å². The van der Waals surface area contributed by atoms with Gasteiger partial charge in [0.15, 0.2) is 0 Å². The third-order valence-corrected chi connectivity index (χ3v) is 8.29. The highest BCUT2D eigenvalue weighted by atomic mass is 16.2. The van der Waals surface area contributed by atoms with Gasteiger partial charge in [-0.3, -0.25) is 4.79 Å². The second kappa shape index (κ2) is 10.9. The summed E-state index contributed by atoms with van der Waals surface area (Å²) in [5, 5.41) is 14.7. The minimum absolute atomic E-state index is 0.0567. The van der Waals surface area contributed by atoms with Crippen LogP contribution < -0.4 is 4.90 Å². The average Bonchev–Trinajstić information content (AvgIpc) is 3.76. The number of carbonyl (C=O) groups is 1. The van der Waals surface area contributed by atoms with Crippen molar-refractivity contribution in [3.8, 4) is 22.5 Å². The van der Waals surface area contributed by atoms with Crippen molar-refractivity contribution in [2.75, 3.05) is 4.90 Å². The fourth-order valence-corrected chi connectivity index (χ4v) is 6.11. The van der Waals surface area contributed by atoms with Crippen LogP contribution in [0.2, 0.25) is 0 Å². The summed E-state index contributed by atoms with van der Waals surface area (Å²) in [6.45, 7) is 7.86. The highest BCUT2D eigenvalue weighted by molar-refractivity contribution is 6.10. The van der Waals surface area contributed by atoms with Crippen LogP contribution in [-0.4, -0.2) is 36.1 Å². The largest absolute Gasteiger partial charge is 0.323 e. The molecule has 0 fully saturated rings. The molecule has 0 bridgehead atoms. The maximum absolute atomic E-state index is 13.4. The second-order valence-corrected chi connectivity index (χ2v) is 11.4. The topological polar surface area (TPSA) is 92.6 Å². The zero-order valence-electron chi connectivity index (χ0n) is 24.6. The molecule has 4 aromatic carbocycles. The Morgan fingerprint density at radius 3 is 2.35 bits per heavy atom. The zero-order chi connectivity index (χ0) is 29.5. The van der Waals surface area contributed by atoms with Crippen LogP contribution in [0.4, 0.5) is 5.69 Å². The van der Waals surface area contributed by atoms with Crippen molar-refractivity contribution in [2.24, 2.45) is 0 Å². The molecule has 43 heavy (non-hydrogen) atoms. The molecule has 0 spiro atoms. The molecule has 1 N–H and O–H groups in total. The van der Waals surface area contributed by atoms with Crippen molar-refractivity contribution in [2.45, 2.75) is 52.6 Å². The maximum Gasteiger partial charge on any atom is 0.258 e. The molecule has 1 aliphatic heterocycles. The molecule has 1 aliphatic rings. The van der Waals surface area contributed by atoms with E-state index in [1.165, 1.54) is 11.1 Å². The highest BCUT2D eigenvalue weighted by Crippen LogP contribution is 2.36. The number of nitrogens with zero attached hydrogens (tertiary/aromatic N) is 6. The molecule has 0 saturated carbocycles. The summed E-state index contributed by atoms with van der Waals surface area (Å²) in [4.78, 5) is 20.5. The number of aromatic nitrogens is 6. The minimum atomic E-state index is 0.0567. The quantitative estimate of drug-likeness (QED) is 0.211. The van der Waals surface area contributed by atoms with Gasteiger partial charge in [-0.15, -0.1) is 10.2 Å². The summed E-state index contributed by atoms with van der Waals surface area (Å²) in [6.07, 6.45) is 1.88. The molecule has 7 rings (SSSR count). The van der Waals surface area contributed by atoms with E-state index in [-0.39, 0.29) is 11.8 Å². The fourth-order valence-electron chi connectivity index (χ4n) is 6.11. The molecule has 0 unspecified atom stereocenters. The summed E-state index contributed by atoms with van der Waals surface area (Å²) < 4.78 is 2.34. The standard InChI is InChI=1S/C35H33N7O/c1-4-9-32-36-33-30(22(2)3)18-26(41-21-25-10-5-6-12-28(25)35(41)43)19-31(33)42(32)20-23-14-16-24(17-15-23)27-11-7-8-13-29(27)34-37-39-40-38-34/h5-8,10-19,22H,4,9,20-21H2,1-3H3,(H,37,38,39,40). The van der Waals surface area contributed by atoms with Crippen LogP contribution in [0.15, 0.2) is 84.9 Å². The van der Waals surface area contributed by atoms with E-state index in [1.54, 1.807) is 0 Å². The summed E-state index contributed by atoms with van der Waals surface area (Å²) >= 11 is 0. The van der Waals surface area contributed by atoms with E-state index in [0.717, 1.165) is 63.2 Å². The van der Waals surface area contributed by atoms with Gasteiger partial charge in [0.05, 0.1) is 17.6 Å². The zero-order valence-corrected chi connectivity index (χ0v) is 24.6. The third-order valence-electron chi connectivity index (χ3n) is 8.29. The first-order valence-corrected chi connectivity index (χ1v) is 14.9. The Bertz CT molecular complexity index is 1940. The number of amides is 1. The number of rotatable bonds is 8. The van der Waals surface area contributed by atoms with Gasteiger partial charge in [-0.25, -0.2) is 4.98 Å². The molecule has 1 amide bonds. The van der Waals surface area contributed by atoms with Crippen molar-refractivity contribution in [1.82, 2.24) is 30.2 Å². The van der Waals surface area contributed by atoms with E-state index in [9.17, 15) is 4.79 Å². The number of fused-ring (bicyclic) bond motifs is 2. The molecular formula is C35H33N7O. The third kappa shape index (κ3) is 4.78. The first kappa shape index (κ1) is 26.8. The number of benzene rings is 4. The maximum atomic E-state index is 13.4. The van der Waals surface area contributed by atoms with E-state index < -0.39 is 0 Å². The van der Waals surface area contributed by atoms with Crippen molar-refractivity contribution >= 4 is 22.6 Å². The molecule has 0 saturated heterocycles. The Kier molecular flexibility index (Phi) is 6.81. The van der Waals surface area contributed by atoms with E-state index in [0.29, 0.717) is 18.9 Å². The fraction of sp³-hybridized carbons (Fsp3) is 0.229. The Morgan fingerprint density at radius 2 is 1.65 bits per heavy atom. The number of H-pyrrole nitrogens is 1. The van der Waals surface area contributed by atoms with Crippen LogP contribution in [0.25, 0.3) is 33.5 Å². The Hall–Kier alpha value is -5.11. The number of anilines is 1. The summed E-state index contributed by atoms with van der Waals surface area (Å²) in [5.74, 6) is 1.96. The molecule has 0 aliphatic carbocycles. The van der Waals surface area contributed by atoms with Gasteiger partial charge in [-0.05, 0) is 63.6 Å². The minimum Gasteiger partial charge on any atom is -0.323 e. The first-order valence-electron chi connectivity index (χ1n) is 14.9. The predicted molar refractivity (Wildman–Crippen MR) is 169 cm³/mol. The van der Waals surface area contributed by atoms with Crippen molar-refractivity contribution < 1.29 is 4.79 Å². The molecule has 6 aromatic rings. The number of hydrogen-bond donors (Lipinski definition) is 1. The lowest BCUT2D eigenvalue weighted by molar-refractivity contribution is 0.0996. The Labute approximate surface area is 250 Å². The summed E-state index contributed by atoms with van der Waals surface area (Å²) in [6, 6.07) is 29.0. The van der Waals surface area contributed by atoms with Gasteiger partial charge in [0, 0.05) is 29.8 Å². The number of aryl methyl sites for hydroxylation is 1. The monoisotopic (exact) mass is 567 g/mol. The SMILES string of the molecule is CCCc1nc2c(C(C)C)cc(N3Cc4ccccc4C3=O)cc2n1Cc1ccc(-c2ccccc2-c2nn[nH]n2)cc1. The normalized spacial score (nSPS) is 12.9. The molecule has 3 heterocycles. The highest BCUT2D eigenvalue weighted by Gasteiger charge is 2.29. The number of hydrogen-bond acceptors (Lipinski definition) is 5. The number of aromatic amines is 1. The molecular weight excluding hydrogens is 534 g/mol. The number of nitrogens with one attached hydrogen (secondary N) is 1. The molecule has 0 atom stereocenters. The van der Waals surface area contributed by atoms with Gasteiger partial charge in [-0.1, -0.05) is 87.5 Å². The van der Waals surface area contributed by atoms with Crippen LogP contribution in [-0.2, 0) is 19.5 Å². The Balaban J connectivity index is 1.28. The van der Waals surface area contributed by atoms with Crippen molar-refractivity contribution in [3.63, 3.8) is 0 Å². The first-order chi connectivity index (χ1) is 21.0. The van der Waals surface area contributed by atoms with Crippen LogP contribution in [0.1, 0.15) is 66.0 Å². The summed E-state index contributed by atoms with van der Waals surface area (Å²) in [7, 11) is 0. The second-order valence-electron chi connectivity index (χ2n) is 11.4. The average molecular weight is 568 g/mol.